The monoisotopic (exact) mass is 437 g/mol. The third kappa shape index (κ3) is 7.70. The van der Waals surface area contributed by atoms with Crippen molar-refractivity contribution in [1.82, 2.24) is 15.1 Å². The van der Waals surface area contributed by atoms with E-state index in [4.69, 9.17) is 4.74 Å². The molecule has 0 aromatic heterocycles. The van der Waals surface area contributed by atoms with E-state index in [1.54, 1.807) is 18.9 Å². The molecular formula is C19H33Cl2N3O2S. The predicted molar refractivity (Wildman–Crippen MR) is 120 cm³/mol. The summed E-state index contributed by atoms with van der Waals surface area (Å²) in [4.78, 5) is 17.2. The predicted octanol–water partition coefficient (Wildman–Crippen LogP) is 3.09. The summed E-state index contributed by atoms with van der Waals surface area (Å²) in [5.74, 6) is 2.62. The van der Waals surface area contributed by atoms with Gasteiger partial charge >= 0.3 is 0 Å². The van der Waals surface area contributed by atoms with Crippen LogP contribution in [0.15, 0.2) is 24.3 Å². The fourth-order valence-electron chi connectivity index (χ4n) is 3.20. The molecule has 1 unspecified atom stereocenters. The van der Waals surface area contributed by atoms with Gasteiger partial charge in [-0.2, -0.15) is 11.8 Å². The lowest BCUT2D eigenvalue weighted by Gasteiger charge is -2.37. The molecular weight excluding hydrogens is 405 g/mol. The number of thioether (sulfide) groups is 1. The van der Waals surface area contributed by atoms with Crippen molar-refractivity contribution in [1.29, 1.82) is 0 Å². The molecule has 1 heterocycles. The molecule has 0 bridgehead atoms. The molecule has 1 aromatic carbocycles. The number of benzene rings is 1. The summed E-state index contributed by atoms with van der Waals surface area (Å²) >= 11 is 1.74. The summed E-state index contributed by atoms with van der Waals surface area (Å²) in [7, 11) is 1.68. The van der Waals surface area contributed by atoms with Crippen LogP contribution in [0.25, 0.3) is 0 Å². The largest absolute Gasteiger partial charge is 0.496 e. The lowest BCUT2D eigenvalue weighted by Crippen LogP contribution is -2.49. The van der Waals surface area contributed by atoms with E-state index in [9.17, 15) is 4.79 Å². The highest BCUT2D eigenvalue weighted by atomic mass is 35.5. The molecule has 1 N–H and O–H groups in total. The number of carbonyl (C=O) groups is 1. The molecule has 156 valence electrons. The first-order valence-corrected chi connectivity index (χ1v) is 10.3. The minimum atomic E-state index is 0. The maximum absolute atomic E-state index is 12.8. The van der Waals surface area contributed by atoms with E-state index in [1.807, 2.05) is 23.1 Å². The lowest BCUT2D eigenvalue weighted by molar-refractivity contribution is -0.131. The number of piperazine rings is 1. The molecule has 2 rings (SSSR count). The zero-order valence-electron chi connectivity index (χ0n) is 16.5. The molecule has 27 heavy (non-hydrogen) atoms. The Labute approximate surface area is 180 Å². The fourth-order valence-corrected chi connectivity index (χ4v) is 4.07. The maximum Gasteiger partial charge on any atom is 0.233 e. The number of carbonyl (C=O) groups excluding carboxylic acids is 1. The number of nitrogens with one attached hydrogen (secondary N) is 1. The van der Waals surface area contributed by atoms with Gasteiger partial charge in [0.1, 0.15) is 5.75 Å². The van der Waals surface area contributed by atoms with Crippen LogP contribution in [0.2, 0.25) is 0 Å². The SMILES string of the molecule is CCN(CC)CCSCC(=O)N1CCNCC1c1ccccc1OC.Cl.Cl. The molecule has 1 atom stereocenters. The quantitative estimate of drug-likeness (QED) is 0.601. The normalized spacial score (nSPS) is 16.4. The minimum absolute atomic E-state index is 0. The number of ether oxygens (including phenoxy) is 1. The van der Waals surface area contributed by atoms with Crippen molar-refractivity contribution in [3.8, 4) is 5.75 Å². The minimum Gasteiger partial charge on any atom is -0.496 e. The van der Waals surface area contributed by atoms with Gasteiger partial charge < -0.3 is 19.9 Å². The molecule has 5 nitrogen and oxygen atoms in total. The number of hydrogen-bond acceptors (Lipinski definition) is 5. The smallest absolute Gasteiger partial charge is 0.233 e. The third-order valence-corrected chi connectivity index (χ3v) is 5.66. The topological polar surface area (TPSA) is 44.8 Å². The number of rotatable bonds is 9. The van der Waals surface area contributed by atoms with Crippen molar-refractivity contribution in [3.63, 3.8) is 0 Å². The Morgan fingerprint density at radius 3 is 2.67 bits per heavy atom. The van der Waals surface area contributed by atoms with Crippen LogP contribution in [0.1, 0.15) is 25.5 Å². The molecule has 1 aromatic rings. The van der Waals surface area contributed by atoms with Gasteiger partial charge in [-0.25, -0.2) is 0 Å². The standard InChI is InChI=1S/C19H31N3O2S.2ClH/c1-4-21(5-2)12-13-25-15-19(23)22-11-10-20-14-17(22)16-8-6-7-9-18(16)24-3;;/h6-9,17,20H,4-5,10-15H2,1-3H3;2*1H. The Hall–Kier alpha value is -0.660. The second kappa shape index (κ2) is 14.4. The average molecular weight is 438 g/mol. The molecule has 1 fully saturated rings. The molecule has 1 aliphatic heterocycles. The Balaban J connectivity index is 0.00000338. The van der Waals surface area contributed by atoms with Crippen molar-refractivity contribution in [3.05, 3.63) is 29.8 Å². The van der Waals surface area contributed by atoms with E-state index < -0.39 is 0 Å². The molecule has 0 aliphatic carbocycles. The average Bonchev–Trinajstić information content (AvgIpc) is 2.68. The molecule has 8 heteroatoms. The summed E-state index contributed by atoms with van der Waals surface area (Å²) in [5, 5.41) is 3.40. The van der Waals surface area contributed by atoms with Crippen LogP contribution in [-0.2, 0) is 4.79 Å². The number of nitrogens with zero attached hydrogens (tertiary/aromatic N) is 2. The number of amides is 1. The van der Waals surface area contributed by atoms with Crippen LogP contribution in [0.5, 0.6) is 5.75 Å². The summed E-state index contributed by atoms with van der Waals surface area (Å²) in [6, 6.07) is 8.04. The van der Waals surface area contributed by atoms with Crippen molar-refractivity contribution < 1.29 is 9.53 Å². The van der Waals surface area contributed by atoms with Gasteiger partial charge in [0, 0.05) is 37.5 Å². The van der Waals surface area contributed by atoms with Crippen molar-refractivity contribution in [2.45, 2.75) is 19.9 Å². The third-order valence-electron chi connectivity index (χ3n) is 4.73. The van der Waals surface area contributed by atoms with Gasteiger partial charge in [-0.15, -0.1) is 24.8 Å². The zero-order valence-corrected chi connectivity index (χ0v) is 18.9. The van der Waals surface area contributed by atoms with Gasteiger partial charge in [-0.05, 0) is 19.2 Å². The van der Waals surface area contributed by atoms with Crippen LogP contribution in [0, 0.1) is 0 Å². The van der Waals surface area contributed by atoms with Gasteiger partial charge in [0.05, 0.1) is 18.9 Å². The molecule has 0 radical (unpaired) electrons. The van der Waals surface area contributed by atoms with Gasteiger partial charge in [-0.1, -0.05) is 32.0 Å². The van der Waals surface area contributed by atoms with Gasteiger partial charge in [0.25, 0.3) is 0 Å². The van der Waals surface area contributed by atoms with Crippen molar-refractivity contribution >= 4 is 42.5 Å². The van der Waals surface area contributed by atoms with Gasteiger partial charge in [-0.3, -0.25) is 4.79 Å². The van der Waals surface area contributed by atoms with Crippen LogP contribution < -0.4 is 10.1 Å². The first kappa shape index (κ1) is 26.3. The van der Waals surface area contributed by atoms with E-state index in [2.05, 4.69) is 30.1 Å². The second-order valence-electron chi connectivity index (χ2n) is 6.13. The summed E-state index contributed by atoms with van der Waals surface area (Å²) in [6.45, 7) is 9.91. The highest BCUT2D eigenvalue weighted by Crippen LogP contribution is 2.30. The molecule has 1 saturated heterocycles. The first-order chi connectivity index (χ1) is 12.2. The summed E-state index contributed by atoms with van der Waals surface area (Å²) in [5.41, 5.74) is 1.08. The highest BCUT2D eigenvalue weighted by Gasteiger charge is 2.29. The summed E-state index contributed by atoms with van der Waals surface area (Å²) < 4.78 is 5.50. The Morgan fingerprint density at radius 1 is 1.30 bits per heavy atom. The van der Waals surface area contributed by atoms with Crippen LogP contribution in [0.3, 0.4) is 0 Å². The van der Waals surface area contributed by atoms with Crippen molar-refractivity contribution in [2.24, 2.45) is 0 Å². The maximum atomic E-state index is 12.8. The first-order valence-electron chi connectivity index (χ1n) is 9.14. The van der Waals surface area contributed by atoms with Crippen molar-refractivity contribution in [2.75, 3.05) is 57.9 Å². The van der Waals surface area contributed by atoms with Crippen LogP contribution in [-0.4, -0.2) is 73.6 Å². The fraction of sp³-hybridized carbons (Fsp3) is 0.632. The van der Waals surface area contributed by atoms with Crippen LogP contribution in [0.4, 0.5) is 0 Å². The molecule has 0 spiro atoms. The van der Waals surface area contributed by atoms with E-state index >= 15 is 0 Å². The Morgan fingerprint density at radius 2 is 2.00 bits per heavy atom. The number of halogens is 2. The highest BCUT2D eigenvalue weighted by molar-refractivity contribution is 7.99. The molecule has 1 aliphatic rings. The van der Waals surface area contributed by atoms with Crippen LogP contribution >= 0.6 is 36.6 Å². The van der Waals surface area contributed by atoms with E-state index in [0.717, 1.165) is 56.3 Å². The van der Waals surface area contributed by atoms with E-state index in [-0.39, 0.29) is 36.8 Å². The van der Waals surface area contributed by atoms with Gasteiger partial charge in [0.15, 0.2) is 0 Å². The zero-order chi connectivity index (χ0) is 18.1. The molecule has 0 saturated carbocycles. The molecule has 1 amide bonds. The second-order valence-corrected chi connectivity index (χ2v) is 7.23. The van der Waals surface area contributed by atoms with E-state index in [1.165, 1.54) is 0 Å². The number of methoxy groups -OCH3 is 1. The number of hydrogen-bond donors (Lipinski definition) is 1. The number of para-hydroxylation sites is 1. The van der Waals surface area contributed by atoms with E-state index in [0.29, 0.717) is 5.75 Å². The summed E-state index contributed by atoms with van der Waals surface area (Å²) in [6.07, 6.45) is 0. The Bertz CT molecular complexity index is 547. The Kier molecular flexibility index (Phi) is 14.0. The lowest BCUT2D eigenvalue weighted by atomic mass is 10.0. The van der Waals surface area contributed by atoms with Gasteiger partial charge in [0.2, 0.25) is 5.91 Å².